The van der Waals surface area contributed by atoms with E-state index in [0.717, 1.165) is 29.0 Å². The summed E-state index contributed by atoms with van der Waals surface area (Å²) in [5.41, 5.74) is 3.09. The summed E-state index contributed by atoms with van der Waals surface area (Å²) in [7, 11) is 0. The molecule has 174 valence electrons. The third-order valence-electron chi connectivity index (χ3n) is 6.39. The fourth-order valence-electron chi connectivity index (χ4n) is 4.59. The standard InChI is InChI=1S/C24H28N4O3S2/c1-13-20(19-10-14-5-2-3-7-18(14)33-19)23(27-17-9-15(12-29)21(30)22(17)31)28-24(26-13)25-11-16-6-4-8-32-16/h3-4,6-8,10,15,17,21-22,29-31H,2,5,9,11-12H2,1H3,(H2,25,26,27,28). The Kier molecular flexibility index (Phi) is 6.49. The predicted molar refractivity (Wildman–Crippen MR) is 134 cm³/mol. The van der Waals surface area contributed by atoms with Crippen LogP contribution in [-0.2, 0) is 13.0 Å². The first kappa shape index (κ1) is 22.5. The van der Waals surface area contributed by atoms with Crippen molar-refractivity contribution >= 4 is 40.5 Å². The highest BCUT2D eigenvalue weighted by atomic mass is 32.1. The molecule has 4 unspecified atom stereocenters. The van der Waals surface area contributed by atoms with Gasteiger partial charge in [-0.3, -0.25) is 0 Å². The zero-order valence-corrected chi connectivity index (χ0v) is 20.0. The normalized spacial score (nSPS) is 24.1. The minimum Gasteiger partial charge on any atom is -0.396 e. The molecule has 5 N–H and O–H groups in total. The molecule has 9 heteroatoms. The molecular formula is C24H28N4O3S2. The van der Waals surface area contributed by atoms with Crippen molar-refractivity contribution in [3.8, 4) is 10.4 Å². The first-order valence-electron chi connectivity index (χ1n) is 11.2. The number of thiophene rings is 2. The molecule has 2 aliphatic carbocycles. The van der Waals surface area contributed by atoms with E-state index in [0.29, 0.717) is 24.7 Å². The van der Waals surface area contributed by atoms with Crippen LogP contribution in [0.15, 0.2) is 29.7 Å². The van der Waals surface area contributed by atoms with Gasteiger partial charge in [0.2, 0.25) is 5.95 Å². The van der Waals surface area contributed by atoms with Crippen molar-refractivity contribution < 1.29 is 15.3 Å². The van der Waals surface area contributed by atoms with Gasteiger partial charge in [0.1, 0.15) is 11.9 Å². The number of hydrogen-bond acceptors (Lipinski definition) is 9. The summed E-state index contributed by atoms with van der Waals surface area (Å²) in [6.45, 7) is 2.44. The monoisotopic (exact) mass is 484 g/mol. The molecule has 0 bridgehead atoms. The summed E-state index contributed by atoms with van der Waals surface area (Å²) in [5, 5.41) is 39.2. The average molecular weight is 485 g/mol. The van der Waals surface area contributed by atoms with Crippen molar-refractivity contribution in [3.05, 3.63) is 50.7 Å². The van der Waals surface area contributed by atoms with Crippen molar-refractivity contribution in [1.82, 2.24) is 9.97 Å². The fourth-order valence-corrected chi connectivity index (χ4v) is 6.47. The van der Waals surface area contributed by atoms with Gasteiger partial charge in [-0.05, 0) is 55.3 Å². The van der Waals surface area contributed by atoms with Gasteiger partial charge in [-0.2, -0.15) is 4.98 Å². The quantitative estimate of drug-likeness (QED) is 0.348. The Morgan fingerprint density at radius 2 is 2.09 bits per heavy atom. The van der Waals surface area contributed by atoms with Gasteiger partial charge in [0.05, 0.1) is 29.9 Å². The molecule has 0 aromatic carbocycles. The first-order valence-corrected chi connectivity index (χ1v) is 12.9. The van der Waals surface area contributed by atoms with Gasteiger partial charge in [-0.25, -0.2) is 4.98 Å². The maximum atomic E-state index is 10.6. The lowest BCUT2D eigenvalue weighted by Crippen LogP contribution is -2.35. The maximum Gasteiger partial charge on any atom is 0.225 e. The highest BCUT2D eigenvalue weighted by Gasteiger charge is 2.41. The molecule has 3 aromatic rings. The summed E-state index contributed by atoms with van der Waals surface area (Å²) in [4.78, 5) is 13.1. The number of fused-ring (bicyclic) bond motifs is 1. The molecule has 33 heavy (non-hydrogen) atoms. The summed E-state index contributed by atoms with van der Waals surface area (Å²) >= 11 is 3.39. The van der Waals surface area contributed by atoms with Crippen LogP contribution in [0.1, 0.15) is 33.9 Å². The molecule has 0 radical (unpaired) electrons. The molecule has 3 heterocycles. The summed E-state index contributed by atoms with van der Waals surface area (Å²) in [6, 6.07) is 5.88. The van der Waals surface area contributed by atoms with Crippen molar-refractivity contribution in [2.75, 3.05) is 17.2 Å². The van der Waals surface area contributed by atoms with Crippen LogP contribution in [0.25, 0.3) is 16.5 Å². The molecule has 1 saturated carbocycles. The number of aryl methyl sites for hydroxylation is 2. The zero-order chi connectivity index (χ0) is 22.9. The van der Waals surface area contributed by atoms with Gasteiger partial charge in [0, 0.05) is 27.2 Å². The van der Waals surface area contributed by atoms with Crippen molar-refractivity contribution in [2.24, 2.45) is 5.92 Å². The molecule has 5 rings (SSSR count). The Labute approximate surface area is 200 Å². The van der Waals surface area contributed by atoms with Gasteiger partial charge in [-0.15, -0.1) is 22.7 Å². The number of aliphatic hydroxyl groups is 3. The van der Waals surface area contributed by atoms with Gasteiger partial charge in [0.15, 0.2) is 0 Å². The van der Waals surface area contributed by atoms with Crippen LogP contribution in [0.5, 0.6) is 0 Å². The van der Waals surface area contributed by atoms with E-state index in [9.17, 15) is 15.3 Å². The van der Waals surface area contributed by atoms with Gasteiger partial charge < -0.3 is 26.0 Å². The van der Waals surface area contributed by atoms with E-state index in [1.54, 1.807) is 22.7 Å². The van der Waals surface area contributed by atoms with Crippen LogP contribution in [0.3, 0.4) is 0 Å². The van der Waals surface area contributed by atoms with Crippen molar-refractivity contribution in [1.29, 1.82) is 0 Å². The third kappa shape index (κ3) is 4.56. The van der Waals surface area contributed by atoms with Crippen LogP contribution >= 0.6 is 22.7 Å². The third-order valence-corrected chi connectivity index (χ3v) is 8.42. The van der Waals surface area contributed by atoms with Crippen LogP contribution in [0.4, 0.5) is 11.8 Å². The molecule has 7 nitrogen and oxygen atoms in total. The number of nitrogens with zero attached hydrogens (tertiary/aromatic N) is 2. The SMILES string of the molecule is Cc1nc(NCc2cccs2)nc(NC2CC(CO)C(O)C2O)c1-c1cc2c(s1)C=CCC2. The number of anilines is 2. The molecule has 0 aliphatic heterocycles. The largest absolute Gasteiger partial charge is 0.396 e. The molecule has 0 saturated heterocycles. The minimum atomic E-state index is -0.979. The Hall–Kier alpha value is -2.30. The van der Waals surface area contributed by atoms with E-state index in [1.165, 1.54) is 15.3 Å². The fraction of sp³-hybridized carbons (Fsp3) is 0.417. The van der Waals surface area contributed by atoms with Crippen molar-refractivity contribution in [3.63, 3.8) is 0 Å². The van der Waals surface area contributed by atoms with E-state index >= 15 is 0 Å². The lowest BCUT2D eigenvalue weighted by Gasteiger charge is -2.21. The van der Waals surface area contributed by atoms with Gasteiger partial charge >= 0.3 is 0 Å². The predicted octanol–water partition coefficient (Wildman–Crippen LogP) is 3.66. The molecule has 0 spiro atoms. The van der Waals surface area contributed by atoms with E-state index in [-0.39, 0.29) is 12.5 Å². The number of hydrogen-bond donors (Lipinski definition) is 5. The highest BCUT2D eigenvalue weighted by Crippen LogP contribution is 2.40. The van der Waals surface area contributed by atoms with Gasteiger partial charge in [-0.1, -0.05) is 12.1 Å². The maximum absolute atomic E-state index is 10.6. The summed E-state index contributed by atoms with van der Waals surface area (Å²) < 4.78 is 0. The summed E-state index contributed by atoms with van der Waals surface area (Å²) in [5.74, 6) is 0.785. The van der Waals surface area contributed by atoms with Crippen LogP contribution in [-0.4, -0.2) is 50.1 Å². The number of aliphatic hydroxyl groups excluding tert-OH is 3. The Balaban J connectivity index is 1.50. The summed E-state index contributed by atoms with van der Waals surface area (Å²) in [6.07, 6.45) is 4.97. The van der Waals surface area contributed by atoms with E-state index in [1.807, 2.05) is 18.4 Å². The minimum absolute atomic E-state index is 0.163. The van der Waals surface area contributed by atoms with E-state index < -0.39 is 18.2 Å². The molecule has 3 aromatic heterocycles. The smallest absolute Gasteiger partial charge is 0.225 e. The second-order valence-electron chi connectivity index (χ2n) is 8.64. The van der Waals surface area contributed by atoms with E-state index in [4.69, 9.17) is 9.97 Å². The zero-order valence-electron chi connectivity index (χ0n) is 18.4. The van der Waals surface area contributed by atoms with Crippen LogP contribution in [0.2, 0.25) is 0 Å². The first-order chi connectivity index (χ1) is 16.0. The van der Waals surface area contributed by atoms with E-state index in [2.05, 4.69) is 34.9 Å². The second kappa shape index (κ2) is 9.52. The molecule has 1 fully saturated rings. The molecule has 4 atom stereocenters. The lowest BCUT2D eigenvalue weighted by molar-refractivity contribution is 0.00446. The number of allylic oxidation sites excluding steroid dienone is 1. The van der Waals surface area contributed by atoms with Gasteiger partial charge in [0.25, 0.3) is 0 Å². The average Bonchev–Trinajstić information content (AvgIpc) is 3.53. The molecular weight excluding hydrogens is 456 g/mol. The Bertz CT molecular complexity index is 1150. The van der Waals surface area contributed by atoms with Crippen molar-refractivity contribution in [2.45, 2.75) is 51.0 Å². The van der Waals surface area contributed by atoms with Crippen LogP contribution < -0.4 is 10.6 Å². The topological polar surface area (TPSA) is 111 Å². The number of nitrogens with one attached hydrogen (secondary N) is 2. The molecule has 0 amide bonds. The van der Waals surface area contributed by atoms with Crippen LogP contribution in [0, 0.1) is 12.8 Å². The Morgan fingerprint density at radius 3 is 2.82 bits per heavy atom. The Morgan fingerprint density at radius 1 is 1.21 bits per heavy atom. The second-order valence-corrected chi connectivity index (χ2v) is 10.8. The highest BCUT2D eigenvalue weighted by molar-refractivity contribution is 7.16. The number of rotatable bonds is 7. The lowest BCUT2D eigenvalue weighted by atomic mass is 10.0. The number of aromatic nitrogens is 2. The molecule has 2 aliphatic rings.